The van der Waals surface area contributed by atoms with Gasteiger partial charge < -0.3 is 9.64 Å². The first-order chi connectivity index (χ1) is 14.8. The molecule has 162 valence electrons. The standard InChI is InChI=1S/C25H30N4O2/c1-15-22-20(13-21(17-6-7-17)26-23(22)29(27-15)25(2,3)4)24(30)28-11-10-16-8-9-19(31-5)12-18(16)14-28/h8-9,12-13,17H,6-7,10-11,14H2,1-5H3. The first-order valence-corrected chi connectivity index (χ1v) is 11.1. The second-order valence-electron chi connectivity index (χ2n) is 9.85. The predicted octanol–water partition coefficient (Wildman–Crippen LogP) is 4.58. The highest BCUT2D eigenvalue weighted by Gasteiger charge is 2.32. The summed E-state index contributed by atoms with van der Waals surface area (Å²) in [6.07, 6.45) is 3.15. The number of carbonyl (C=O) groups excluding carboxylic acids is 1. The summed E-state index contributed by atoms with van der Waals surface area (Å²) in [5.74, 6) is 1.36. The number of ether oxygens (including phenoxy) is 1. The van der Waals surface area contributed by atoms with Crippen molar-refractivity contribution >= 4 is 16.9 Å². The van der Waals surface area contributed by atoms with E-state index in [2.05, 4.69) is 32.9 Å². The van der Waals surface area contributed by atoms with Crippen LogP contribution >= 0.6 is 0 Å². The van der Waals surface area contributed by atoms with E-state index in [0.29, 0.717) is 19.0 Å². The number of benzene rings is 1. The van der Waals surface area contributed by atoms with Gasteiger partial charge in [-0.05, 0) is 76.3 Å². The second-order valence-corrected chi connectivity index (χ2v) is 9.85. The highest BCUT2D eigenvalue weighted by atomic mass is 16.5. The molecule has 1 amide bonds. The van der Waals surface area contributed by atoms with Gasteiger partial charge in [0.2, 0.25) is 0 Å². The summed E-state index contributed by atoms with van der Waals surface area (Å²) in [7, 11) is 1.68. The molecule has 0 unspecified atom stereocenters. The van der Waals surface area contributed by atoms with Crippen molar-refractivity contribution in [1.29, 1.82) is 0 Å². The number of aryl methyl sites for hydroxylation is 1. The second kappa shape index (κ2) is 7.08. The minimum Gasteiger partial charge on any atom is -0.497 e. The fourth-order valence-electron chi connectivity index (χ4n) is 4.54. The molecule has 1 aromatic carbocycles. The summed E-state index contributed by atoms with van der Waals surface area (Å²) in [6.45, 7) is 9.67. The largest absolute Gasteiger partial charge is 0.497 e. The van der Waals surface area contributed by atoms with Gasteiger partial charge in [-0.25, -0.2) is 9.67 Å². The lowest BCUT2D eigenvalue weighted by Crippen LogP contribution is -2.36. The minimum atomic E-state index is -0.206. The number of amides is 1. The highest BCUT2D eigenvalue weighted by Crippen LogP contribution is 2.41. The average Bonchev–Trinajstić information content (AvgIpc) is 3.54. The fourth-order valence-corrected chi connectivity index (χ4v) is 4.54. The van der Waals surface area contributed by atoms with Gasteiger partial charge in [-0.15, -0.1) is 0 Å². The van der Waals surface area contributed by atoms with Gasteiger partial charge in [0.25, 0.3) is 5.91 Å². The zero-order valence-electron chi connectivity index (χ0n) is 19.0. The van der Waals surface area contributed by atoms with Crippen molar-refractivity contribution in [3.8, 4) is 5.75 Å². The number of hydrogen-bond donors (Lipinski definition) is 0. The Kier molecular flexibility index (Phi) is 4.57. The first-order valence-electron chi connectivity index (χ1n) is 11.1. The SMILES string of the molecule is COc1ccc2c(c1)CN(C(=O)c1cc(C3CC3)nc3c1c(C)nn3C(C)(C)C)CC2. The van der Waals surface area contributed by atoms with Crippen LogP contribution < -0.4 is 4.74 Å². The van der Waals surface area contributed by atoms with Crippen molar-refractivity contribution in [2.24, 2.45) is 0 Å². The molecule has 1 aliphatic carbocycles. The van der Waals surface area contributed by atoms with Crippen molar-refractivity contribution in [2.75, 3.05) is 13.7 Å². The lowest BCUT2D eigenvalue weighted by atomic mass is 9.98. The Bertz CT molecular complexity index is 1180. The Balaban J connectivity index is 1.59. The number of rotatable bonds is 3. The minimum absolute atomic E-state index is 0.0688. The van der Waals surface area contributed by atoms with E-state index >= 15 is 0 Å². The van der Waals surface area contributed by atoms with Gasteiger partial charge in [0.1, 0.15) is 5.75 Å². The van der Waals surface area contributed by atoms with E-state index in [1.165, 1.54) is 5.56 Å². The molecule has 6 heteroatoms. The van der Waals surface area contributed by atoms with E-state index in [4.69, 9.17) is 14.8 Å². The van der Waals surface area contributed by atoms with Crippen LogP contribution in [0.15, 0.2) is 24.3 Å². The monoisotopic (exact) mass is 418 g/mol. The van der Waals surface area contributed by atoms with Gasteiger partial charge in [-0.3, -0.25) is 4.79 Å². The molecular formula is C25H30N4O2. The van der Waals surface area contributed by atoms with Crippen molar-refractivity contribution in [1.82, 2.24) is 19.7 Å². The molecule has 2 aliphatic rings. The van der Waals surface area contributed by atoms with Gasteiger partial charge in [0, 0.05) is 24.7 Å². The van der Waals surface area contributed by atoms with Crippen LogP contribution in [0.3, 0.4) is 0 Å². The van der Waals surface area contributed by atoms with Crippen molar-refractivity contribution in [3.05, 3.63) is 52.3 Å². The molecule has 1 saturated carbocycles. The van der Waals surface area contributed by atoms with Crippen LogP contribution in [0.5, 0.6) is 5.75 Å². The number of methoxy groups -OCH3 is 1. The maximum Gasteiger partial charge on any atom is 0.255 e. The predicted molar refractivity (Wildman–Crippen MR) is 121 cm³/mol. The molecule has 3 aromatic rings. The molecule has 1 aliphatic heterocycles. The maximum atomic E-state index is 13.8. The van der Waals surface area contributed by atoms with Gasteiger partial charge >= 0.3 is 0 Å². The number of pyridine rings is 1. The van der Waals surface area contributed by atoms with Gasteiger partial charge in [-0.1, -0.05) is 6.07 Å². The molecule has 1 fully saturated rings. The lowest BCUT2D eigenvalue weighted by Gasteiger charge is -2.29. The molecule has 2 aromatic heterocycles. The molecular weight excluding hydrogens is 388 g/mol. The van der Waals surface area contributed by atoms with Crippen LogP contribution in [0, 0.1) is 6.92 Å². The zero-order valence-corrected chi connectivity index (χ0v) is 19.0. The lowest BCUT2D eigenvalue weighted by molar-refractivity contribution is 0.0736. The van der Waals surface area contributed by atoms with E-state index < -0.39 is 0 Å². The van der Waals surface area contributed by atoms with E-state index in [1.807, 2.05) is 28.6 Å². The normalized spacial score (nSPS) is 16.5. The highest BCUT2D eigenvalue weighted by molar-refractivity contribution is 6.06. The van der Waals surface area contributed by atoms with Gasteiger partial charge in [-0.2, -0.15) is 5.10 Å². The van der Waals surface area contributed by atoms with Crippen LogP contribution in [0.1, 0.15) is 72.4 Å². The van der Waals surface area contributed by atoms with E-state index in [-0.39, 0.29) is 11.4 Å². The van der Waals surface area contributed by atoms with Crippen molar-refractivity contribution < 1.29 is 9.53 Å². The molecule has 6 nitrogen and oxygen atoms in total. The third kappa shape index (κ3) is 3.48. The Morgan fingerprint density at radius 2 is 1.94 bits per heavy atom. The Labute approximate surface area is 183 Å². The maximum absolute atomic E-state index is 13.8. The Morgan fingerprint density at radius 3 is 2.61 bits per heavy atom. The van der Waals surface area contributed by atoms with Crippen LogP contribution in [0.25, 0.3) is 11.0 Å². The summed E-state index contributed by atoms with van der Waals surface area (Å²) in [5.41, 5.74) is 5.71. The van der Waals surface area contributed by atoms with E-state index in [9.17, 15) is 4.79 Å². The summed E-state index contributed by atoms with van der Waals surface area (Å²) in [5, 5.41) is 5.69. The summed E-state index contributed by atoms with van der Waals surface area (Å²) in [6, 6.07) is 8.19. The molecule has 0 bridgehead atoms. The molecule has 5 rings (SSSR count). The van der Waals surface area contributed by atoms with Crippen LogP contribution in [-0.4, -0.2) is 39.2 Å². The first kappa shape index (κ1) is 20.0. The third-order valence-corrected chi connectivity index (χ3v) is 6.41. The number of nitrogens with zero attached hydrogens (tertiary/aromatic N) is 4. The van der Waals surface area contributed by atoms with Crippen LogP contribution in [0.4, 0.5) is 0 Å². The molecule has 31 heavy (non-hydrogen) atoms. The number of fused-ring (bicyclic) bond motifs is 2. The summed E-state index contributed by atoms with van der Waals surface area (Å²) < 4.78 is 7.38. The smallest absolute Gasteiger partial charge is 0.255 e. The number of carbonyl (C=O) groups is 1. The fraction of sp³-hybridized carbons (Fsp3) is 0.480. The third-order valence-electron chi connectivity index (χ3n) is 6.41. The van der Waals surface area contributed by atoms with Crippen molar-refractivity contribution in [3.63, 3.8) is 0 Å². The molecule has 3 heterocycles. The van der Waals surface area contributed by atoms with E-state index in [1.54, 1.807) is 7.11 Å². The summed E-state index contributed by atoms with van der Waals surface area (Å²) in [4.78, 5) is 20.8. The topological polar surface area (TPSA) is 60.2 Å². The molecule has 0 spiro atoms. The average molecular weight is 419 g/mol. The molecule has 0 N–H and O–H groups in total. The molecule has 0 radical (unpaired) electrons. The van der Waals surface area contributed by atoms with E-state index in [0.717, 1.165) is 58.6 Å². The molecule has 0 atom stereocenters. The Morgan fingerprint density at radius 1 is 1.16 bits per heavy atom. The Hall–Kier alpha value is -2.89. The summed E-state index contributed by atoms with van der Waals surface area (Å²) >= 11 is 0. The number of hydrogen-bond acceptors (Lipinski definition) is 4. The van der Waals surface area contributed by atoms with Crippen LogP contribution in [0.2, 0.25) is 0 Å². The quantitative estimate of drug-likeness (QED) is 0.625. The zero-order chi connectivity index (χ0) is 21.9. The van der Waals surface area contributed by atoms with Crippen molar-refractivity contribution in [2.45, 2.75) is 65.0 Å². The van der Waals surface area contributed by atoms with Crippen LogP contribution in [-0.2, 0) is 18.5 Å². The number of aromatic nitrogens is 3. The van der Waals surface area contributed by atoms with Gasteiger partial charge in [0.05, 0.1) is 29.3 Å². The molecule has 0 saturated heterocycles. The van der Waals surface area contributed by atoms with Gasteiger partial charge in [0.15, 0.2) is 5.65 Å².